The molecule has 7 nitrogen and oxygen atoms in total. The number of nitrogens with one attached hydrogen (secondary N) is 1. The number of thiocarbonyl (C=S) groups is 1. The number of carbonyl (C=O) groups excluding carboxylic acids is 1. The van der Waals surface area contributed by atoms with Crippen molar-refractivity contribution in [2.45, 2.75) is 38.1 Å². The smallest absolute Gasteiger partial charge is 0.358 e. The maximum atomic E-state index is 14.0. The molecule has 3 heterocycles. The molecule has 0 spiro atoms. The molecule has 0 unspecified atom stereocenters. The summed E-state index contributed by atoms with van der Waals surface area (Å²) in [4.78, 5) is 22.1. The van der Waals surface area contributed by atoms with Crippen LogP contribution in [0.1, 0.15) is 34.0 Å². The zero-order chi connectivity index (χ0) is 26.9. The fourth-order valence-electron chi connectivity index (χ4n) is 4.03. The van der Waals surface area contributed by atoms with E-state index in [1.807, 2.05) is 0 Å². The average Bonchev–Trinajstić information content (AvgIpc) is 3.23. The molecule has 2 aromatic heterocycles. The Bertz CT molecular complexity index is 1330. The number of benzene rings is 1. The van der Waals surface area contributed by atoms with E-state index in [0.29, 0.717) is 11.8 Å². The summed E-state index contributed by atoms with van der Waals surface area (Å²) in [6.45, 7) is -0.205. The van der Waals surface area contributed by atoms with Crippen LogP contribution in [0.3, 0.4) is 0 Å². The van der Waals surface area contributed by atoms with Crippen molar-refractivity contribution in [3.8, 4) is 0 Å². The highest BCUT2D eigenvalue weighted by atomic mass is 32.1. The fraction of sp³-hybridized carbons (Fsp3) is 0.304. The van der Waals surface area contributed by atoms with Gasteiger partial charge in [0, 0.05) is 49.7 Å². The third kappa shape index (κ3) is 5.91. The minimum atomic E-state index is -4.79. The molecule has 0 saturated heterocycles. The van der Waals surface area contributed by atoms with Gasteiger partial charge in [0.2, 0.25) is 5.82 Å². The lowest BCUT2D eigenvalue weighted by Gasteiger charge is -2.32. The number of anilines is 1. The highest BCUT2D eigenvalue weighted by molar-refractivity contribution is 7.80. The summed E-state index contributed by atoms with van der Waals surface area (Å²) >= 11 is 5.43. The maximum absolute atomic E-state index is 14.0. The molecule has 3 aromatic rings. The first-order valence-electron chi connectivity index (χ1n) is 11.0. The van der Waals surface area contributed by atoms with Gasteiger partial charge >= 0.3 is 6.18 Å². The molecule has 1 aliphatic rings. The third-order valence-corrected chi connectivity index (χ3v) is 6.20. The Morgan fingerprint density at radius 2 is 1.78 bits per heavy atom. The second-order valence-corrected chi connectivity index (χ2v) is 8.88. The van der Waals surface area contributed by atoms with E-state index in [1.165, 1.54) is 24.5 Å². The summed E-state index contributed by atoms with van der Waals surface area (Å²) in [6.07, 6.45) is -2.09. The van der Waals surface area contributed by atoms with Crippen LogP contribution >= 0.6 is 12.2 Å². The Labute approximate surface area is 212 Å². The van der Waals surface area contributed by atoms with Crippen molar-refractivity contribution in [3.05, 3.63) is 76.9 Å². The van der Waals surface area contributed by atoms with Gasteiger partial charge in [0.1, 0.15) is 5.82 Å². The van der Waals surface area contributed by atoms with Crippen molar-refractivity contribution >= 4 is 28.8 Å². The van der Waals surface area contributed by atoms with Gasteiger partial charge in [-0.05, 0) is 30.2 Å². The number of pyridine rings is 1. The van der Waals surface area contributed by atoms with Crippen LogP contribution in [0.25, 0.3) is 0 Å². The lowest BCUT2D eigenvalue weighted by Crippen LogP contribution is -2.41. The van der Waals surface area contributed by atoms with Crippen molar-refractivity contribution in [1.29, 1.82) is 0 Å². The number of hydrogen-bond donors (Lipinski definition) is 2. The standard InChI is InChI=1S/C23H20F6N6OS/c24-15-10-17(26)16(25)8-12(15)7-13(30)9-19(37)34-5-6-35-18(11-34)20(33-22(35)23(27,28)29)21(36)32-14-1-3-31-4-2-14/h1-4,8,10,13H,5-7,9,11,30H2,(H,31,32,36)/t13-/m0/s1. The van der Waals surface area contributed by atoms with Crippen molar-refractivity contribution in [2.75, 3.05) is 11.9 Å². The quantitative estimate of drug-likeness (QED) is 0.278. The van der Waals surface area contributed by atoms with Gasteiger partial charge in [-0.1, -0.05) is 12.2 Å². The van der Waals surface area contributed by atoms with Crippen LogP contribution < -0.4 is 11.1 Å². The highest BCUT2D eigenvalue weighted by Crippen LogP contribution is 2.33. The van der Waals surface area contributed by atoms with Crippen molar-refractivity contribution in [3.63, 3.8) is 0 Å². The summed E-state index contributed by atoms with van der Waals surface area (Å²) < 4.78 is 82.5. The number of fused-ring (bicyclic) bond motifs is 1. The molecule has 1 atom stereocenters. The fourth-order valence-corrected chi connectivity index (χ4v) is 4.40. The molecule has 4 rings (SSSR count). The van der Waals surface area contributed by atoms with Crippen molar-refractivity contribution in [1.82, 2.24) is 19.4 Å². The summed E-state index contributed by atoms with van der Waals surface area (Å²) in [5.74, 6) is -5.51. The zero-order valence-electron chi connectivity index (χ0n) is 19.0. The molecule has 3 N–H and O–H groups in total. The Hall–Kier alpha value is -3.52. The molecule has 1 aliphatic heterocycles. The molecule has 1 aromatic carbocycles. The minimum Gasteiger partial charge on any atom is -0.358 e. The van der Waals surface area contributed by atoms with Gasteiger partial charge in [-0.25, -0.2) is 18.2 Å². The second-order valence-electron chi connectivity index (χ2n) is 8.41. The number of halogens is 6. The number of carbonyl (C=O) groups is 1. The van der Waals surface area contributed by atoms with Gasteiger partial charge in [-0.15, -0.1) is 0 Å². The monoisotopic (exact) mass is 542 g/mol. The molecule has 0 radical (unpaired) electrons. The van der Waals surface area contributed by atoms with Gasteiger partial charge in [-0.2, -0.15) is 13.2 Å². The number of rotatable bonds is 6. The van der Waals surface area contributed by atoms with Crippen LogP contribution in [0.5, 0.6) is 0 Å². The van der Waals surface area contributed by atoms with Gasteiger partial charge in [0.15, 0.2) is 17.3 Å². The molecule has 0 bridgehead atoms. The van der Waals surface area contributed by atoms with Crippen LogP contribution in [0.4, 0.5) is 32.0 Å². The summed E-state index contributed by atoms with van der Waals surface area (Å²) in [7, 11) is 0. The summed E-state index contributed by atoms with van der Waals surface area (Å²) in [6, 6.07) is 3.32. The first-order valence-corrected chi connectivity index (χ1v) is 11.4. The SMILES string of the molecule is N[C@H](CC(=S)N1CCn2c(C(F)(F)F)nc(C(=O)Nc3ccncc3)c2C1)Cc1cc(F)c(F)cc1F. The first-order chi connectivity index (χ1) is 17.4. The number of hydrogen-bond acceptors (Lipinski definition) is 5. The van der Waals surface area contributed by atoms with E-state index < -0.39 is 47.1 Å². The number of nitrogens with two attached hydrogens (primary N) is 1. The molecule has 1 amide bonds. The number of aromatic nitrogens is 3. The van der Waals surface area contributed by atoms with E-state index in [0.717, 1.165) is 10.6 Å². The second kappa shape index (κ2) is 10.5. The lowest BCUT2D eigenvalue weighted by atomic mass is 10.0. The van der Waals surface area contributed by atoms with Crippen LogP contribution in [-0.2, 0) is 25.7 Å². The molecule has 0 saturated carbocycles. The maximum Gasteiger partial charge on any atom is 0.449 e. The number of alkyl halides is 3. The highest BCUT2D eigenvalue weighted by Gasteiger charge is 2.41. The molecule has 0 aliphatic carbocycles. The molecular weight excluding hydrogens is 522 g/mol. The number of imidazole rings is 1. The van der Waals surface area contributed by atoms with Crippen LogP contribution in [0.15, 0.2) is 36.7 Å². The molecule has 14 heteroatoms. The largest absolute Gasteiger partial charge is 0.449 e. The third-order valence-electron chi connectivity index (χ3n) is 5.77. The van der Waals surface area contributed by atoms with E-state index in [2.05, 4.69) is 15.3 Å². The Morgan fingerprint density at radius 1 is 1.11 bits per heavy atom. The summed E-state index contributed by atoms with van der Waals surface area (Å²) in [5, 5.41) is 2.50. The molecule has 196 valence electrons. The van der Waals surface area contributed by atoms with E-state index >= 15 is 0 Å². The van der Waals surface area contributed by atoms with Gasteiger partial charge < -0.3 is 20.5 Å². The lowest BCUT2D eigenvalue weighted by molar-refractivity contribution is -0.147. The van der Waals surface area contributed by atoms with Crippen molar-refractivity contribution in [2.24, 2.45) is 5.73 Å². The minimum absolute atomic E-state index is 0.0204. The van der Waals surface area contributed by atoms with Crippen LogP contribution in [0.2, 0.25) is 0 Å². The molecular formula is C23H20F6N6OS. The Morgan fingerprint density at radius 3 is 2.46 bits per heavy atom. The Kier molecular flexibility index (Phi) is 7.50. The predicted molar refractivity (Wildman–Crippen MR) is 125 cm³/mol. The van der Waals surface area contributed by atoms with E-state index in [9.17, 15) is 31.1 Å². The van der Waals surface area contributed by atoms with Gasteiger partial charge in [0.25, 0.3) is 5.91 Å². The molecule has 0 fully saturated rings. The first kappa shape index (κ1) is 26.5. The van der Waals surface area contributed by atoms with E-state index in [4.69, 9.17) is 18.0 Å². The predicted octanol–water partition coefficient (Wildman–Crippen LogP) is 4.07. The topological polar surface area (TPSA) is 89.1 Å². The van der Waals surface area contributed by atoms with Crippen molar-refractivity contribution < 1.29 is 31.1 Å². The number of nitrogens with zero attached hydrogens (tertiary/aromatic N) is 4. The average molecular weight is 543 g/mol. The normalized spacial score (nSPS) is 14.3. The van der Waals surface area contributed by atoms with Gasteiger partial charge in [0.05, 0.1) is 17.2 Å². The Balaban J connectivity index is 1.51. The van der Waals surface area contributed by atoms with E-state index in [1.54, 1.807) is 4.90 Å². The molecule has 37 heavy (non-hydrogen) atoms. The number of amides is 1. The van der Waals surface area contributed by atoms with Crippen LogP contribution in [-0.4, -0.2) is 42.9 Å². The van der Waals surface area contributed by atoms with Gasteiger partial charge in [-0.3, -0.25) is 9.78 Å². The zero-order valence-corrected chi connectivity index (χ0v) is 19.8. The summed E-state index contributed by atoms with van der Waals surface area (Å²) in [5.41, 5.74) is 5.88. The van der Waals surface area contributed by atoms with Crippen LogP contribution in [0, 0.1) is 17.5 Å². The van der Waals surface area contributed by atoms with E-state index in [-0.39, 0.29) is 48.7 Å².